The highest BCUT2D eigenvalue weighted by atomic mass is 35.5. The molecule has 1 aliphatic rings. The third-order valence-electron chi connectivity index (χ3n) is 4.26. The van der Waals surface area contributed by atoms with Gasteiger partial charge in [0.15, 0.2) is 9.84 Å². The number of sulfone groups is 1. The molecule has 1 aromatic carbocycles. The van der Waals surface area contributed by atoms with E-state index in [1.165, 1.54) is 6.26 Å². The number of amides is 1. The Morgan fingerprint density at radius 3 is 2.39 bits per heavy atom. The first-order chi connectivity index (χ1) is 10.4. The van der Waals surface area contributed by atoms with Crippen LogP contribution in [0.1, 0.15) is 37.7 Å². The van der Waals surface area contributed by atoms with Crippen molar-refractivity contribution in [2.45, 2.75) is 49.6 Å². The first-order valence-corrected chi connectivity index (χ1v) is 9.56. The van der Waals surface area contributed by atoms with Crippen LogP contribution >= 0.6 is 12.4 Å². The molecule has 1 amide bonds. The summed E-state index contributed by atoms with van der Waals surface area (Å²) in [6.45, 7) is 0.408. The maximum absolute atomic E-state index is 12.0. The Balaban J connectivity index is 0.00000264. The fraction of sp³-hybridized carbons (Fsp3) is 0.562. The third kappa shape index (κ3) is 6.12. The van der Waals surface area contributed by atoms with Crippen LogP contribution in [0.15, 0.2) is 29.2 Å². The zero-order chi connectivity index (χ0) is 16.2. The van der Waals surface area contributed by atoms with E-state index >= 15 is 0 Å². The Kier molecular flexibility index (Phi) is 7.51. The average molecular weight is 361 g/mol. The molecular formula is C16H25ClN2O3S. The van der Waals surface area contributed by atoms with Crippen molar-refractivity contribution in [3.8, 4) is 0 Å². The van der Waals surface area contributed by atoms with Crippen LogP contribution in [0.2, 0.25) is 0 Å². The van der Waals surface area contributed by atoms with Gasteiger partial charge in [0.1, 0.15) is 0 Å². The van der Waals surface area contributed by atoms with Crippen LogP contribution in [0.4, 0.5) is 0 Å². The van der Waals surface area contributed by atoms with Gasteiger partial charge in [-0.2, -0.15) is 0 Å². The van der Waals surface area contributed by atoms with Crippen LogP contribution in [-0.4, -0.2) is 26.6 Å². The minimum Gasteiger partial charge on any atom is -0.352 e. The highest BCUT2D eigenvalue weighted by Crippen LogP contribution is 2.25. The smallest absolute Gasteiger partial charge is 0.220 e. The second-order valence-corrected chi connectivity index (χ2v) is 8.12. The summed E-state index contributed by atoms with van der Waals surface area (Å²) in [5.41, 5.74) is 6.94. The Morgan fingerprint density at radius 1 is 1.22 bits per heavy atom. The lowest BCUT2D eigenvalue weighted by Crippen LogP contribution is -2.36. The first kappa shape index (κ1) is 19.9. The van der Waals surface area contributed by atoms with Crippen LogP contribution in [0.5, 0.6) is 0 Å². The van der Waals surface area contributed by atoms with E-state index in [1.54, 1.807) is 24.3 Å². The van der Waals surface area contributed by atoms with Gasteiger partial charge < -0.3 is 11.1 Å². The van der Waals surface area contributed by atoms with E-state index in [0.29, 0.717) is 13.0 Å². The zero-order valence-corrected chi connectivity index (χ0v) is 15.0. The Hall–Kier alpha value is -1.11. The molecule has 2 unspecified atom stereocenters. The molecule has 1 fully saturated rings. The van der Waals surface area contributed by atoms with Gasteiger partial charge in [-0.05, 0) is 36.5 Å². The summed E-state index contributed by atoms with van der Waals surface area (Å²) >= 11 is 0. The molecule has 23 heavy (non-hydrogen) atoms. The van der Waals surface area contributed by atoms with Crippen molar-refractivity contribution >= 4 is 28.2 Å². The highest BCUT2D eigenvalue weighted by molar-refractivity contribution is 7.90. The molecule has 0 spiro atoms. The number of hydrogen-bond acceptors (Lipinski definition) is 4. The minimum absolute atomic E-state index is 0. The maximum Gasteiger partial charge on any atom is 0.220 e. The van der Waals surface area contributed by atoms with E-state index in [1.807, 2.05) is 0 Å². The number of carbonyl (C=O) groups is 1. The molecule has 5 nitrogen and oxygen atoms in total. The summed E-state index contributed by atoms with van der Waals surface area (Å²) in [7, 11) is -3.18. The Bertz CT molecular complexity index is 617. The molecule has 7 heteroatoms. The lowest BCUT2D eigenvalue weighted by Gasteiger charge is -2.27. The predicted molar refractivity (Wildman–Crippen MR) is 93.2 cm³/mol. The number of carbonyl (C=O) groups excluding carboxylic acids is 1. The van der Waals surface area contributed by atoms with E-state index in [2.05, 4.69) is 5.32 Å². The van der Waals surface area contributed by atoms with E-state index in [9.17, 15) is 13.2 Å². The van der Waals surface area contributed by atoms with Crippen LogP contribution < -0.4 is 11.1 Å². The van der Waals surface area contributed by atoms with Crippen LogP contribution in [0.3, 0.4) is 0 Å². The first-order valence-electron chi connectivity index (χ1n) is 7.67. The lowest BCUT2D eigenvalue weighted by molar-refractivity contribution is -0.122. The predicted octanol–water partition coefficient (Wildman–Crippen LogP) is 2.04. The number of halogens is 1. The summed E-state index contributed by atoms with van der Waals surface area (Å²) in [4.78, 5) is 12.3. The van der Waals surface area contributed by atoms with Crippen molar-refractivity contribution in [1.29, 1.82) is 0 Å². The molecular weight excluding hydrogens is 336 g/mol. The normalized spacial score (nSPS) is 21.3. The second-order valence-electron chi connectivity index (χ2n) is 6.11. The van der Waals surface area contributed by atoms with Crippen molar-refractivity contribution in [3.63, 3.8) is 0 Å². The van der Waals surface area contributed by atoms with E-state index < -0.39 is 9.84 Å². The number of rotatable bonds is 5. The van der Waals surface area contributed by atoms with Crippen molar-refractivity contribution in [1.82, 2.24) is 5.32 Å². The van der Waals surface area contributed by atoms with E-state index in [0.717, 1.165) is 31.2 Å². The summed E-state index contributed by atoms with van der Waals surface area (Å²) in [6.07, 6.45) is 5.99. The molecule has 0 heterocycles. The summed E-state index contributed by atoms with van der Waals surface area (Å²) in [5, 5.41) is 2.88. The van der Waals surface area contributed by atoms with Gasteiger partial charge >= 0.3 is 0 Å². The molecule has 0 saturated heterocycles. The van der Waals surface area contributed by atoms with Gasteiger partial charge in [0.2, 0.25) is 5.91 Å². The van der Waals surface area contributed by atoms with Gasteiger partial charge in [-0.25, -0.2) is 8.42 Å². The average Bonchev–Trinajstić information content (AvgIpc) is 2.47. The molecule has 1 aromatic rings. The van der Waals surface area contributed by atoms with Gasteiger partial charge in [-0.15, -0.1) is 12.4 Å². The number of nitrogens with one attached hydrogen (secondary N) is 1. The molecule has 0 bridgehead atoms. The lowest BCUT2D eigenvalue weighted by atomic mass is 9.83. The third-order valence-corrected chi connectivity index (χ3v) is 5.39. The van der Waals surface area contributed by atoms with Crippen molar-refractivity contribution in [3.05, 3.63) is 29.8 Å². The molecule has 0 aliphatic heterocycles. The molecule has 2 rings (SSSR count). The number of hydrogen-bond donors (Lipinski definition) is 2. The number of benzene rings is 1. The summed E-state index contributed by atoms with van der Waals surface area (Å²) in [5.74, 6) is 0.288. The minimum atomic E-state index is -3.18. The molecule has 3 N–H and O–H groups in total. The van der Waals surface area contributed by atoms with Gasteiger partial charge in [0.05, 0.1) is 4.90 Å². The van der Waals surface area contributed by atoms with Gasteiger partial charge in [-0.3, -0.25) is 4.79 Å². The SMILES string of the molecule is CS(=O)(=O)c1ccc(CNC(=O)CC2CCCCC2N)cc1.Cl. The molecule has 0 aromatic heterocycles. The topological polar surface area (TPSA) is 89.3 Å². The monoisotopic (exact) mass is 360 g/mol. The van der Waals surface area contributed by atoms with Crippen molar-refractivity contribution in [2.24, 2.45) is 11.7 Å². The molecule has 1 aliphatic carbocycles. The second kappa shape index (κ2) is 8.66. The molecule has 0 radical (unpaired) electrons. The van der Waals surface area contributed by atoms with Gasteiger partial charge in [-0.1, -0.05) is 25.0 Å². The van der Waals surface area contributed by atoms with Crippen molar-refractivity contribution in [2.75, 3.05) is 6.26 Å². The highest BCUT2D eigenvalue weighted by Gasteiger charge is 2.23. The van der Waals surface area contributed by atoms with Crippen LogP contribution in [-0.2, 0) is 21.2 Å². The quantitative estimate of drug-likeness (QED) is 0.840. The largest absolute Gasteiger partial charge is 0.352 e. The fourth-order valence-electron chi connectivity index (χ4n) is 2.86. The van der Waals surface area contributed by atoms with Gasteiger partial charge in [0.25, 0.3) is 0 Å². The van der Waals surface area contributed by atoms with Crippen LogP contribution in [0.25, 0.3) is 0 Å². The van der Waals surface area contributed by atoms with Gasteiger partial charge in [0, 0.05) is 25.3 Å². The molecule has 1 saturated carbocycles. The molecule has 130 valence electrons. The Labute approximate surface area is 144 Å². The van der Waals surface area contributed by atoms with Crippen molar-refractivity contribution < 1.29 is 13.2 Å². The van der Waals surface area contributed by atoms with E-state index in [4.69, 9.17) is 5.73 Å². The van der Waals surface area contributed by atoms with E-state index in [-0.39, 0.29) is 35.2 Å². The zero-order valence-electron chi connectivity index (χ0n) is 13.3. The fourth-order valence-corrected chi connectivity index (χ4v) is 3.49. The Morgan fingerprint density at radius 2 is 1.83 bits per heavy atom. The maximum atomic E-state index is 12.0. The summed E-state index contributed by atoms with van der Waals surface area (Å²) in [6, 6.07) is 6.71. The number of nitrogens with two attached hydrogens (primary N) is 1. The standard InChI is InChI=1S/C16H24N2O3S.ClH/c1-22(20,21)14-8-6-12(7-9-14)11-18-16(19)10-13-4-2-3-5-15(13)17;/h6-9,13,15H,2-5,10-11,17H2,1H3,(H,18,19);1H. The summed E-state index contributed by atoms with van der Waals surface area (Å²) < 4.78 is 22.8. The molecule has 2 atom stereocenters. The van der Waals surface area contributed by atoms with Crippen LogP contribution in [0, 0.1) is 5.92 Å².